The number of aromatic nitrogens is 3. The number of aliphatic carboxylic acids is 1. The molecule has 2 aromatic carbocycles. The van der Waals surface area contributed by atoms with E-state index in [-0.39, 0.29) is 18.1 Å². The molecule has 0 aliphatic rings. The minimum absolute atomic E-state index is 0.0380. The zero-order valence-electron chi connectivity index (χ0n) is 13.6. The standard InChI is InChI=1S/C18H19N3O3/c1-11(2)13-9-12(7-8-17(22)23)10-16(18(13)24)21-19-14-5-3-4-6-15(14)20-21/h3-6,9-11,24H,7-8H2,1-2H3,(H,22,23). The molecule has 124 valence electrons. The Labute approximate surface area is 139 Å². The molecule has 0 unspecified atom stereocenters. The SMILES string of the molecule is CC(C)c1cc(CCC(=O)O)cc(-n2nc3ccccc3n2)c1O. The molecule has 0 bridgehead atoms. The summed E-state index contributed by atoms with van der Waals surface area (Å²) < 4.78 is 0. The Morgan fingerprint density at radius 1 is 1.17 bits per heavy atom. The third kappa shape index (κ3) is 3.08. The van der Waals surface area contributed by atoms with Crippen LogP contribution in [0.25, 0.3) is 16.7 Å². The zero-order valence-corrected chi connectivity index (χ0v) is 13.6. The van der Waals surface area contributed by atoms with E-state index in [9.17, 15) is 9.90 Å². The van der Waals surface area contributed by atoms with E-state index < -0.39 is 5.97 Å². The normalized spacial score (nSPS) is 11.3. The Hall–Kier alpha value is -2.89. The average Bonchev–Trinajstić information content (AvgIpc) is 2.97. The summed E-state index contributed by atoms with van der Waals surface area (Å²) >= 11 is 0. The summed E-state index contributed by atoms with van der Waals surface area (Å²) in [4.78, 5) is 12.3. The third-order valence-corrected chi connectivity index (χ3v) is 3.93. The van der Waals surface area contributed by atoms with Crippen molar-refractivity contribution in [3.63, 3.8) is 0 Å². The number of aromatic hydroxyl groups is 1. The van der Waals surface area contributed by atoms with Crippen LogP contribution < -0.4 is 0 Å². The maximum absolute atomic E-state index is 10.9. The van der Waals surface area contributed by atoms with E-state index in [0.29, 0.717) is 12.1 Å². The second-order valence-electron chi connectivity index (χ2n) is 6.08. The van der Waals surface area contributed by atoms with Crippen LogP contribution in [0.3, 0.4) is 0 Å². The molecule has 1 aromatic heterocycles. The Balaban J connectivity index is 2.12. The van der Waals surface area contributed by atoms with E-state index in [1.54, 1.807) is 6.07 Å². The van der Waals surface area contributed by atoms with Gasteiger partial charge in [0.15, 0.2) is 0 Å². The maximum Gasteiger partial charge on any atom is 0.303 e. The van der Waals surface area contributed by atoms with E-state index in [0.717, 1.165) is 22.2 Å². The predicted octanol–water partition coefficient (Wildman–Crippen LogP) is 3.27. The minimum atomic E-state index is -0.848. The van der Waals surface area contributed by atoms with Gasteiger partial charge in [-0.1, -0.05) is 32.0 Å². The number of phenolic OH excluding ortho intramolecular Hbond substituents is 1. The van der Waals surface area contributed by atoms with E-state index in [1.807, 2.05) is 44.2 Å². The fourth-order valence-corrected chi connectivity index (χ4v) is 2.66. The summed E-state index contributed by atoms with van der Waals surface area (Å²) in [6, 6.07) is 11.1. The topological polar surface area (TPSA) is 88.2 Å². The highest BCUT2D eigenvalue weighted by atomic mass is 16.4. The van der Waals surface area contributed by atoms with Gasteiger partial charge in [0.25, 0.3) is 0 Å². The summed E-state index contributed by atoms with van der Waals surface area (Å²) in [5.41, 5.74) is 3.54. The van der Waals surface area contributed by atoms with Gasteiger partial charge in [-0.05, 0) is 41.7 Å². The number of rotatable bonds is 5. The van der Waals surface area contributed by atoms with Crippen LogP contribution in [0.15, 0.2) is 36.4 Å². The van der Waals surface area contributed by atoms with Crippen LogP contribution in [0.2, 0.25) is 0 Å². The number of carbonyl (C=O) groups is 1. The minimum Gasteiger partial charge on any atom is -0.505 e. The summed E-state index contributed by atoms with van der Waals surface area (Å²) in [6.07, 6.45) is 0.430. The lowest BCUT2D eigenvalue weighted by Crippen LogP contribution is -2.05. The quantitative estimate of drug-likeness (QED) is 0.751. The molecule has 3 rings (SSSR count). The molecule has 0 saturated carbocycles. The monoisotopic (exact) mass is 325 g/mol. The van der Waals surface area contributed by atoms with Gasteiger partial charge in [0.05, 0.1) is 0 Å². The number of hydrogen-bond donors (Lipinski definition) is 2. The van der Waals surface area contributed by atoms with Gasteiger partial charge < -0.3 is 10.2 Å². The van der Waals surface area contributed by atoms with Crippen LogP contribution in [-0.4, -0.2) is 31.2 Å². The smallest absolute Gasteiger partial charge is 0.303 e. The van der Waals surface area contributed by atoms with Gasteiger partial charge >= 0.3 is 5.97 Å². The molecule has 0 atom stereocenters. The van der Waals surface area contributed by atoms with E-state index >= 15 is 0 Å². The molecule has 0 fully saturated rings. The first kappa shape index (κ1) is 16.0. The lowest BCUT2D eigenvalue weighted by molar-refractivity contribution is -0.136. The van der Waals surface area contributed by atoms with Gasteiger partial charge in [-0.3, -0.25) is 4.79 Å². The number of carboxylic acids is 1. The van der Waals surface area contributed by atoms with Crippen molar-refractivity contribution in [2.75, 3.05) is 0 Å². The Bertz CT molecular complexity index is 867. The number of benzene rings is 2. The number of phenols is 1. The number of carboxylic acid groups (broad SMARTS) is 1. The van der Waals surface area contributed by atoms with Crippen LogP contribution in [0.1, 0.15) is 37.3 Å². The number of fused-ring (bicyclic) bond motifs is 1. The maximum atomic E-state index is 10.9. The van der Waals surface area contributed by atoms with Crippen molar-refractivity contribution in [1.82, 2.24) is 15.0 Å². The van der Waals surface area contributed by atoms with Gasteiger partial charge in [0.2, 0.25) is 0 Å². The highest BCUT2D eigenvalue weighted by Gasteiger charge is 2.17. The van der Waals surface area contributed by atoms with Gasteiger partial charge in [-0.2, -0.15) is 0 Å². The first-order valence-corrected chi connectivity index (χ1v) is 7.85. The van der Waals surface area contributed by atoms with Gasteiger partial charge in [-0.25, -0.2) is 0 Å². The first-order valence-electron chi connectivity index (χ1n) is 7.85. The molecule has 6 nitrogen and oxygen atoms in total. The number of aryl methyl sites for hydroxylation is 1. The molecule has 6 heteroatoms. The third-order valence-electron chi connectivity index (χ3n) is 3.93. The molecule has 24 heavy (non-hydrogen) atoms. The molecule has 0 aliphatic heterocycles. The molecule has 1 heterocycles. The molecule has 0 saturated heterocycles. The van der Waals surface area contributed by atoms with Crippen molar-refractivity contribution in [2.24, 2.45) is 0 Å². The van der Waals surface area contributed by atoms with Crippen LogP contribution in [0.5, 0.6) is 5.75 Å². The van der Waals surface area contributed by atoms with Crippen LogP contribution >= 0.6 is 0 Å². The zero-order chi connectivity index (χ0) is 17.3. The largest absolute Gasteiger partial charge is 0.505 e. The van der Waals surface area contributed by atoms with Crippen molar-refractivity contribution in [2.45, 2.75) is 32.6 Å². The molecule has 0 radical (unpaired) electrons. The predicted molar refractivity (Wildman–Crippen MR) is 90.6 cm³/mol. The van der Waals surface area contributed by atoms with Gasteiger partial charge in [-0.15, -0.1) is 15.0 Å². The lowest BCUT2D eigenvalue weighted by atomic mass is 9.96. The van der Waals surface area contributed by atoms with Crippen molar-refractivity contribution in [3.8, 4) is 11.4 Å². The highest BCUT2D eigenvalue weighted by Crippen LogP contribution is 2.33. The molecule has 2 N–H and O–H groups in total. The fourth-order valence-electron chi connectivity index (χ4n) is 2.66. The first-order chi connectivity index (χ1) is 11.5. The van der Waals surface area contributed by atoms with Crippen LogP contribution in [-0.2, 0) is 11.2 Å². The van der Waals surface area contributed by atoms with E-state index in [1.165, 1.54) is 4.80 Å². The molecule has 0 spiro atoms. The molecular formula is C18H19N3O3. The van der Waals surface area contributed by atoms with Crippen molar-refractivity contribution < 1.29 is 15.0 Å². The number of nitrogens with zero attached hydrogens (tertiary/aromatic N) is 3. The van der Waals surface area contributed by atoms with E-state index in [2.05, 4.69) is 10.2 Å². The average molecular weight is 325 g/mol. The van der Waals surface area contributed by atoms with E-state index in [4.69, 9.17) is 5.11 Å². The summed E-state index contributed by atoms with van der Waals surface area (Å²) in [7, 11) is 0. The Morgan fingerprint density at radius 2 is 1.79 bits per heavy atom. The lowest BCUT2D eigenvalue weighted by Gasteiger charge is -2.14. The summed E-state index contributed by atoms with van der Waals surface area (Å²) in [6.45, 7) is 3.96. The molecule has 0 aliphatic carbocycles. The van der Waals surface area contributed by atoms with Crippen molar-refractivity contribution in [1.29, 1.82) is 0 Å². The Morgan fingerprint density at radius 3 is 2.33 bits per heavy atom. The molecule has 0 amide bonds. The van der Waals surface area contributed by atoms with Gasteiger partial charge in [0, 0.05) is 6.42 Å². The van der Waals surface area contributed by atoms with Crippen LogP contribution in [0.4, 0.5) is 0 Å². The summed E-state index contributed by atoms with van der Waals surface area (Å²) in [5.74, 6) is -0.624. The van der Waals surface area contributed by atoms with Crippen molar-refractivity contribution in [3.05, 3.63) is 47.5 Å². The molecular weight excluding hydrogens is 306 g/mol. The summed E-state index contributed by atoms with van der Waals surface area (Å²) in [5, 5.41) is 28.4. The van der Waals surface area contributed by atoms with Crippen LogP contribution in [0, 0.1) is 0 Å². The number of hydrogen-bond acceptors (Lipinski definition) is 4. The second-order valence-corrected chi connectivity index (χ2v) is 6.08. The van der Waals surface area contributed by atoms with Crippen molar-refractivity contribution >= 4 is 17.0 Å². The fraction of sp³-hybridized carbons (Fsp3) is 0.278. The second kappa shape index (κ2) is 6.31. The van der Waals surface area contributed by atoms with Gasteiger partial charge in [0.1, 0.15) is 22.5 Å². The molecule has 3 aromatic rings. The Kier molecular flexibility index (Phi) is 4.20. The highest BCUT2D eigenvalue weighted by molar-refractivity contribution is 5.74.